The van der Waals surface area contributed by atoms with Crippen LogP contribution in [0, 0.1) is 50.7 Å². The zero-order valence-electron chi connectivity index (χ0n) is 15.6. The quantitative estimate of drug-likeness (QED) is 0.307. The van der Waals surface area contributed by atoms with Gasteiger partial charge in [-0.25, -0.2) is 0 Å². The van der Waals surface area contributed by atoms with Crippen molar-refractivity contribution >= 4 is 0 Å². The Balaban J connectivity index is 3.38. The first-order valence-corrected chi connectivity index (χ1v) is 9.81. The van der Waals surface area contributed by atoms with E-state index in [1.807, 2.05) is 18.2 Å². The van der Waals surface area contributed by atoms with Gasteiger partial charge in [0.15, 0.2) is 5.41 Å². The summed E-state index contributed by atoms with van der Waals surface area (Å²) >= 11 is 0. The minimum absolute atomic E-state index is 0.0122. The normalized spacial score (nSPS) is 10.4. The van der Waals surface area contributed by atoms with Gasteiger partial charge in [0.1, 0.15) is 0 Å². The molecule has 0 unspecified atom stereocenters. The molecular formula is C21H32N4. The van der Waals surface area contributed by atoms with Crippen LogP contribution in [0.25, 0.3) is 0 Å². The molecule has 4 heteroatoms. The van der Waals surface area contributed by atoms with Crippen molar-refractivity contribution < 1.29 is 0 Å². The van der Waals surface area contributed by atoms with Gasteiger partial charge >= 0.3 is 0 Å². The Morgan fingerprint density at radius 1 is 0.480 bits per heavy atom. The zero-order valence-corrected chi connectivity index (χ0v) is 15.6. The smallest absolute Gasteiger partial charge is 0.156 e. The van der Waals surface area contributed by atoms with Crippen molar-refractivity contribution in [2.75, 3.05) is 0 Å². The molecule has 0 heterocycles. The van der Waals surface area contributed by atoms with Gasteiger partial charge in [0, 0.05) is 6.42 Å². The summed E-state index contributed by atoms with van der Waals surface area (Å²) in [4.78, 5) is 0. The van der Waals surface area contributed by atoms with Gasteiger partial charge in [0.05, 0.1) is 30.7 Å². The van der Waals surface area contributed by atoms with Gasteiger partial charge in [0.2, 0.25) is 0 Å². The lowest BCUT2D eigenvalue weighted by atomic mass is 9.83. The van der Waals surface area contributed by atoms with E-state index < -0.39 is 5.41 Å². The molecule has 25 heavy (non-hydrogen) atoms. The number of hydrogen-bond acceptors (Lipinski definition) is 4. The third kappa shape index (κ3) is 13.0. The van der Waals surface area contributed by atoms with E-state index in [1.54, 1.807) is 0 Å². The van der Waals surface area contributed by atoms with E-state index in [-0.39, 0.29) is 6.42 Å². The molecule has 0 amide bonds. The largest absolute Gasteiger partial charge is 0.198 e. The number of hydrogen-bond donors (Lipinski definition) is 0. The molecule has 0 aromatic carbocycles. The highest BCUT2D eigenvalue weighted by molar-refractivity contribution is 5.16. The van der Waals surface area contributed by atoms with Crippen molar-refractivity contribution in [3.8, 4) is 24.3 Å². The van der Waals surface area contributed by atoms with Crippen LogP contribution in [0.5, 0.6) is 0 Å². The lowest BCUT2D eigenvalue weighted by Crippen LogP contribution is -2.15. The van der Waals surface area contributed by atoms with Gasteiger partial charge in [-0.1, -0.05) is 77.0 Å². The van der Waals surface area contributed by atoms with Crippen LogP contribution in [0.1, 0.15) is 103 Å². The fourth-order valence-electron chi connectivity index (χ4n) is 3.01. The average molecular weight is 341 g/mol. The third-order valence-corrected chi connectivity index (χ3v) is 4.70. The molecule has 0 saturated carbocycles. The van der Waals surface area contributed by atoms with E-state index in [9.17, 15) is 0 Å². The summed E-state index contributed by atoms with van der Waals surface area (Å²) in [5, 5.41) is 35.3. The van der Waals surface area contributed by atoms with Gasteiger partial charge in [-0.15, -0.1) is 0 Å². The predicted octanol–water partition coefficient (Wildman–Crippen LogP) is 6.31. The predicted molar refractivity (Wildman–Crippen MR) is 98.8 cm³/mol. The van der Waals surface area contributed by atoms with E-state index in [1.165, 1.54) is 57.8 Å². The van der Waals surface area contributed by atoms with Crippen LogP contribution in [0.4, 0.5) is 0 Å². The number of nitriles is 4. The van der Waals surface area contributed by atoms with Gasteiger partial charge in [-0.3, -0.25) is 0 Å². The van der Waals surface area contributed by atoms with Crippen LogP contribution >= 0.6 is 0 Å². The number of rotatable bonds is 16. The maximum Gasteiger partial charge on any atom is 0.156 e. The molecule has 0 saturated heterocycles. The second kappa shape index (κ2) is 16.8. The van der Waals surface area contributed by atoms with Crippen LogP contribution in [0.2, 0.25) is 0 Å². The second-order valence-corrected chi connectivity index (χ2v) is 6.89. The molecule has 0 bridgehead atoms. The van der Waals surface area contributed by atoms with Gasteiger partial charge < -0.3 is 0 Å². The molecule has 136 valence electrons. The Kier molecular flexibility index (Phi) is 15.4. The zero-order chi connectivity index (χ0) is 18.6. The van der Waals surface area contributed by atoms with Crippen molar-refractivity contribution in [1.82, 2.24) is 0 Å². The Bertz CT molecular complexity index is 470. The highest BCUT2D eigenvalue weighted by Gasteiger charge is 2.29. The van der Waals surface area contributed by atoms with E-state index in [0.29, 0.717) is 12.8 Å². The van der Waals surface area contributed by atoms with E-state index >= 15 is 0 Å². The Morgan fingerprint density at radius 3 is 1.24 bits per heavy atom. The maximum absolute atomic E-state index is 9.09. The lowest BCUT2D eigenvalue weighted by Gasteiger charge is -2.13. The third-order valence-electron chi connectivity index (χ3n) is 4.70. The van der Waals surface area contributed by atoms with Crippen LogP contribution in [0.15, 0.2) is 0 Å². The van der Waals surface area contributed by atoms with Crippen molar-refractivity contribution in [3.05, 3.63) is 0 Å². The summed E-state index contributed by atoms with van der Waals surface area (Å²) in [5.74, 6) is 0. The summed E-state index contributed by atoms with van der Waals surface area (Å²) in [5.41, 5.74) is -1.09. The first kappa shape index (κ1) is 23.0. The first-order valence-electron chi connectivity index (χ1n) is 9.81. The molecule has 0 rings (SSSR count). The molecule has 0 aromatic heterocycles. The Hall–Kier alpha value is -2.04. The molecular weight excluding hydrogens is 308 g/mol. The van der Waals surface area contributed by atoms with Crippen molar-refractivity contribution in [1.29, 1.82) is 21.0 Å². The lowest BCUT2D eigenvalue weighted by molar-refractivity contribution is 0.446. The molecule has 0 fully saturated rings. The minimum Gasteiger partial charge on any atom is -0.198 e. The number of unbranched alkanes of at least 4 members (excludes halogenated alkanes) is 13. The van der Waals surface area contributed by atoms with Crippen LogP contribution in [0.3, 0.4) is 0 Å². The summed E-state index contributed by atoms with van der Waals surface area (Å²) in [6.45, 7) is 0. The van der Waals surface area contributed by atoms with E-state index in [0.717, 1.165) is 25.7 Å². The molecule has 0 radical (unpaired) electrons. The molecule has 0 spiro atoms. The summed E-state index contributed by atoms with van der Waals surface area (Å²) in [7, 11) is 0. The summed E-state index contributed by atoms with van der Waals surface area (Å²) in [6, 6.07) is 8.18. The summed E-state index contributed by atoms with van der Waals surface area (Å²) in [6.07, 6.45) is 16.8. The molecule has 0 aliphatic carbocycles. The van der Waals surface area contributed by atoms with Crippen LogP contribution < -0.4 is 0 Å². The highest BCUT2D eigenvalue weighted by atomic mass is 14.4. The molecule has 0 N–H and O–H groups in total. The SMILES string of the molecule is N#CCCCCCCCCCCCCCCCC(C#N)(C#N)CC#N. The average Bonchev–Trinajstić information content (AvgIpc) is 2.64. The van der Waals surface area contributed by atoms with Crippen molar-refractivity contribution in [3.63, 3.8) is 0 Å². The monoisotopic (exact) mass is 340 g/mol. The number of nitrogens with zero attached hydrogens (tertiary/aromatic N) is 4. The summed E-state index contributed by atoms with van der Waals surface area (Å²) < 4.78 is 0. The second-order valence-electron chi connectivity index (χ2n) is 6.89. The van der Waals surface area contributed by atoms with E-state index in [2.05, 4.69) is 6.07 Å². The minimum atomic E-state index is -1.09. The van der Waals surface area contributed by atoms with Gasteiger partial charge in [-0.2, -0.15) is 21.0 Å². The van der Waals surface area contributed by atoms with Crippen molar-refractivity contribution in [2.24, 2.45) is 5.41 Å². The van der Waals surface area contributed by atoms with Gasteiger partial charge in [0.25, 0.3) is 0 Å². The maximum atomic E-state index is 9.09. The van der Waals surface area contributed by atoms with Crippen LogP contribution in [-0.4, -0.2) is 0 Å². The molecule has 4 nitrogen and oxygen atoms in total. The molecule has 0 aliphatic rings. The van der Waals surface area contributed by atoms with Gasteiger partial charge in [-0.05, 0) is 12.8 Å². The van der Waals surface area contributed by atoms with Crippen molar-refractivity contribution in [2.45, 2.75) is 103 Å². The van der Waals surface area contributed by atoms with Crippen LogP contribution in [-0.2, 0) is 0 Å². The topological polar surface area (TPSA) is 95.2 Å². The Morgan fingerprint density at radius 2 is 0.880 bits per heavy atom. The molecule has 0 aromatic rings. The fourth-order valence-corrected chi connectivity index (χ4v) is 3.01. The Labute approximate surface area is 154 Å². The standard InChI is InChI=1S/C21H32N4/c22-17-14-12-10-8-6-4-2-1-3-5-7-9-11-13-15-21(19-24,20-25)16-18-23/h1-16H2. The van der Waals surface area contributed by atoms with E-state index in [4.69, 9.17) is 21.0 Å². The first-order chi connectivity index (χ1) is 12.2. The fraction of sp³-hybridized carbons (Fsp3) is 0.810. The molecule has 0 aliphatic heterocycles. The highest BCUT2D eigenvalue weighted by Crippen LogP contribution is 2.27. The molecule has 0 atom stereocenters.